The Bertz CT molecular complexity index is 517. The largest absolute Gasteiger partial charge is 0.287 e. The summed E-state index contributed by atoms with van der Waals surface area (Å²) in [5.74, 6) is -0.0793. The number of nitrogens with zero attached hydrogens (tertiary/aromatic N) is 1. The van der Waals surface area contributed by atoms with Crippen LogP contribution in [0.15, 0.2) is 42.6 Å². The van der Waals surface area contributed by atoms with E-state index in [1.807, 2.05) is 24.3 Å². The van der Waals surface area contributed by atoms with Crippen LogP contribution in [0.25, 0.3) is 0 Å². The first-order valence-electron chi connectivity index (χ1n) is 5.46. The Morgan fingerprint density at radius 2 is 1.88 bits per heavy atom. The lowest BCUT2D eigenvalue weighted by atomic mass is 10.0. The van der Waals surface area contributed by atoms with Gasteiger partial charge in [0, 0.05) is 11.8 Å². The molecule has 1 heterocycles. The molecule has 0 saturated heterocycles. The van der Waals surface area contributed by atoms with E-state index in [2.05, 4.69) is 11.9 Å². The van der Waals surface area contributed by atoms with Gasteiger partial charge in [0.15, 0.2) is 0 Å². The van der Waals surface area contributed by atoms with Crippen molar-refractivity contribution in [3.05, 3.63) is 64.4 Å². The fraction of sp³-hybridized carbons (Fsp3) is 0.143. The molecule has 1 aromatic carbocycles. The van der Waals surface area contributed by atoms with Gasteiger partial charge < -0.3 is 0 Å². The number of pyridine rings is 1. The lowest BCUT2D eigenvalue weighted by molar-refractivity contribution is 0.103. The van der Waals surface area contributed by atoms with Crippen molar-refractivity contribution in [2.45, 2.75) is 13.3 Å². The van der Waals surface area contributed by atoms with Gasteiger partial charge in [0.05, 0.1) is 5.02 Å². The van der Waals surface area contributed by atoms with Crippen molar-refractivity contribution in [1.29, 1.82) is 0 Å². The molecule has 0 radical (unpaired) electrons. The van der Waals surface area contributed by atoms with E-state index in [1.165, 1.54) is 11.8 Å². The van der Waals surface area contributed by atoms with Crippen LogP contribution in [-0.2, 0) is 6.42 Å². The summed E-state index contributed by atoms with van der Waals surface area (Å²) in [4.78, 5) is 16.1. The van der Waals surface area contributed by atoms with E-state index >= 15 is 0 Å². The molecule has 0 saturated carbocycles. The van der Waals surface area contributed by atoms with Crippen LogP contribution >= 0.6 is 11.6 Å². The van der Waals surface area contributed by atoms with Gasteiger partial charge in [-0.2, -0.15) is 0 Å². The van der Waals surface area contributed by atoms with Crippen molar-refractivity contribution in [2.24, 2.45) is 0 Å². The van der Waals surface area contributed by atoms with Crippen molar-refractivity contribution < 1.29 is 4.79 Å². The monoisotopic (exact) mass is 245 g/mol. The van der Waals surface area contributed by atoms with Crippen molar-refractivity contribution in [3.63, 3.8) is 0 Å². The van der Waals surface area contributed by atoms with Crippen LogP contribution in [0.4, 0.5) is 0 Å². The number of benzene rings is 1. The zero-order valence-electron chi connectivity index (χ0n) is 9.48. The minimum Gasteiger partial charge on any atom is -0.287 e. The Labute approximate surface area is 105 Å². The molecule has 0 N–H and O–H groups in total. The molecule has 17 heavy (non-hydrogen) atoms. The predicted molar refractivity (Wildman–Crippen MR) is 68.5 cm³/mol. The van der Waals surface area contributed by atoms with E-state index < -0.39 is 0 Å². The van der Waals surface area contributed by atoms with Crippen LogP contribution in [0.5, 0.6) is 0 Å². The maximum atomic E-state index is 12.1. The van der Waals surface area contributed by atoms with Gasteiger partial charge in [-0.15, -0.1) is 0 Å². The fourth-order valence-corrected chi connectivity index (χ4v) is 1.66. The first-order chi connectivity index (χ1) is 8.20. The molecule has 2 aromatic rings. The Morgan fingerprint density at radius 1 is 1.18 bits per heavy atom. The normalized spacial score (nSPS) is 10.2. The Hall–Kier alpha value is -1.67. The summed E-state index contributed by atoms with van der Waals surface area (Å²) in [6, 6.07) is 10.9. The van der Waals surface area contributed by atoms with E-state index in [0.717, 1.165) is 6.42 Å². The minimum absolute atomic E-state index is 0.0793. The van der Waals surface area contributed by atoms with E-state index in [4.69, 9.17) is 11.6 Å². The van der Waals surface area contributed by atoms with Gasteiger partial charge in [-0.25, -0.2) is 0 Å². The molecule has 0 unspecified atom stereocenters. The summed E-state index contributed by atoms with van der Waals surface area (Å²) in [7, 11) is 0. The smallest absolute Gasteiger partial charge is 0.211 e. The number of halogens is 1. The van der Waals surface area contributed by atoms with Gasteiger partial charge in [-0.1, -0.05) is 42.8 Å². The SMILES string of the molecule is CCc1ccc(C(=O)c2ccc(Cl)cn2)cc1. The average molecular weight is 246 g/mol. The topological polar surface area (TPSA) is 30.0 Å². The highest BCUT2D eigenvalue weighted by Crippen LogP contribution is 2.12. The summed E-state index contributed by atoms with van der Waals surface area (Å²) in [6.07, 6.45) is 2.45. The van der Waals surface area contributed by atoms with E-state index in [0.29, 0.717) is 16.3 Å². The van der Waals surface area contributed by atoms with E-state index in [1.54, 1.807) is 12.1 Å². The standard InChI is InChI=1S/C14H12ClNO/c1-2-10-3-5-11(6-4-10)14(17)13-8-7-12(15)9-16-13/h3-9H,2H2,1H3. The first kappa shape index (κ1) is 11.8. The summed E-state index contributed by atoms with van der Waals surface area (Å²) >= 11 is 5.73. The fourth-order valence-electron chi connectivity index (χ4n) is 1.55. The molecular formula is C14H12ClNO. The quantitative estimate of drug-likeness (QED) is 0.775. The second kappa shape index (κ2) is 5.11. The summed E-state index contributed by atoms with van der Waals surface area (Å²) in [5, 5.41) is 0.530. The van der Waals surface area contributed by atoms with Gasteiger partial charge >= 0.3 is 0 Å². The average Bonchev–Trinajstić information content (AvgIpc) is 2.39. The number of aromatic nitrogens is 1. The molecule has 3 heteroatoms. The van der Waals surface area contributed by atoms with Crippen molar-refractivity contribution >= 4 is 17.4 Å². The number of hydrogen-bond acceptors (Lipinski definition) is 2. The van der Waals surface area contributed by atoms with Crippen LogP contribution in [0.2, 0.25) is 5.02 Å². The molecule has 0 aliphatic rings. The molecule has 0 aliphatic heterocycles. The zero-order chi connectivity index (χ0) is 12.3. The van der Waals surface area contributed by atoms with Gasteiger partial charge in [0.1, 0.15) is 5.69 Å². The molecule has 2 nitrogen and oxygen atoms in total. The number of carbonyl (C=O) groups excluding carboxylic acids is 1. The molecular weight excluding hydrogens is 234 g/mol. The number of aryl methyl sites for hydroxylation is 1. The molecule has 0 atom stereocenters. The molecule has 2 rings (SSSR count). The lowest BCUT2D eigenvalue weighted by Crippen LogP contribution is -2.03. The van der Waals surface area contributed by atoms with Crippen LogP contribution in [-0.4, -0.2) is 10.8 Å². The summed E-state index contributed by atoms with van der Waals surface area (Å²) in [5.41, 5.74) is 2.28. The minimum atomic E-state index is -0.0793. The maximum absolute atomic E-state index is 12.1. The lowest BCUT2D eigenvalue weighted by Gasteiger charge is -2.02. The van der Waals surface area contributed by atoms with E-state index in [-0.39, 0.29) is 5.78 Å². The van der Waals surface area contributed by atoms with E-state index in [9.17, 15) is 4.79 Å². The van der Waals surface area contributed by atoms with Crippen LogP contribution in [0.3, 0.4) is 0 Å². The van der Waals surface area contributed by atoms with Crippen molar-refractivity contribution in [3.8, 4) is 0 Å². The van der Waals surface area contributed by atoms with Gasteiger partial charge in [0.2, 0.25) is 5.78 Å². The Kier molecular flexibility index (Phi) is 3.55. The second-order valence-electron chi connectivity index (χ2n) is 3.74. The third-order valence-electron chi connectivity index (χ3n) is 2.58. The zero-order valence-corrected chi connectivity index (χ0v) is 10.2. The third-order valence-corrected chi connectivity index (χ3v) is 2.81. The van der Waals surface area contributed by atoms with Crippen LogP contribution < -0.4 is 0 Å². The Balaban J connectivity index is 2.27. The third kappa shape index (κ3) is 2.71. The molecule has 0 bridgehead atoms. The van der Waals surface area contributed by atoms with Gasteiger partial charge in [-0.3, -0.25) is 9.78 Å². The Morgan fingerprint density at radius 3 is 2.41 bits per heavy atom. The number of rotatable bonds is 3. The second-order valence-corrected chi connectivity index (χ2v) is 4.18. The van der Waals surface area contributed by atoms with Crippen LogP contribution in [0, 0.1) is 0 Å². The highest BCUT2D eigenvalue weighted by atomic mass is 35.5. The summed E-state index contributed by atoms with van der Waals surface area (Å²) < 4.78 is 0. The maximum Gasteiger partial charge on any atom is 0.211 e. The number of carbonyl (C=O) groups is 1. The molecule has 0 spiro atoms. The van der Waals surface area contributed by atoms with Gasteiger partial charge in [0.25, 0.3) is 0 Å². The van der Waals surface area contributed by atoms with Crippen LogP contribution in [0.1, 0.15) is 28.5 Å². The van der Waals surface area contributed by atoms with Crippen molar-refractivity contribution in [2.75, 3.05) is 0 Å². The number of ketones is 1. The highest BCUT2D eigenvalue weighted by Gasteiger charge is 2.09. The van der Waals surface area contributed by atoms with Gasteiger partial charge in [-0.05, 0) is 24.1 Å². The van der Waals surface area contributed by atoms with Crippen molar-refractivity contribution in [1.82, 2.24) is 4.98 Å². The summed E-state index contributed by atoms with van der Waals surface area (Å²) in [6.45, 7) is 2.08. The molecule has 0 amide bonds. The molecule has 0 fully saturated rings. The highest BCUT2D eigenvalue weighted by molar-refractivity contribution is 6.30. The molecule has 0 aliphatic carbocycles. The molecule has 1 aromatic heterocycles. The first-order valence-corrected chi connectivity index (χ1v) is 5.83. The molecule has 86 valence electrons. The number of hydrogen-bond donors (Lipinski definition) is 0. The predicted octanol–water partition coefficient (Wildman–Crippen LogP) is 3.53.